The van der Waals surface area contributed by atoms with Crippen LogP contribution in [0.2, 0.25) is 5.02 Å². The van der Waals surface area contributed by atoms with Crippen molar-refractivity contribution >= 4 is 23.5 Å². The van der Waals surface area contributed by atoms with E-state index in [0.717, 1.165) is 11.6 Å². The maximum atomic E-state index is 13.6. The largest absolute Gasteiger partial charge is 0.481 e. The second-order valence-corrected chi connectivity index (χ2v) is 5.82. The number of hydrogen-bond donors (Lipinski definition) is 2. The van der Waals surface area contributed by atoms with Gasteiger partial charge < -0.3 is 10.4 Å². The first-order valence-corrected chi connectivity index (χ1v) is 7.66. The number of carbonyl (C=O) groups excluding carboxylic acids is 1. The number of aliphatic carboxylic acids is 1. The highest BCUT2D eigenvalue weighted by atomic mass is 35.5. The number of nitrogens with one attached hydrogen (secondary N) is 1. The Morgan fingerprint density at radius 2 is 2.21 bits per heavy atom. The molecule has 0 radical (unpaired) electrons. The summed E-state index contributed by atoms with van der Waals surface area (Å²) in [4.78, 5) is 23.1. The van der Waals surface area contributed by atoms with Crippen molar-refractivity contribution in [1.82, 2.24) is 15.1 Å². The molecule has 8 heteroatoms. The van der Waals surface area contributed by atoms with Crippen LogP contribution in [0.5, 0.6) is 0 Å². The first-order valence-electron chi connectivity index (χ1n) is 7.29. The second kappa shape index (κ2) is 7.92. The molecule has 0 bridgehead atoms. The number of rotatable bonds is 7. The molecule has 0 aliphatic carbocycles. The van der Waals surface area contributed by atoms with Crippen molar-refractivity contribution in [2.75, 3.05) is 0 Å². The Morgan fingerprint density at radius 3 is 2.79 bits per heavy atom. The molecule has 1 heterocycles. The molecule has 128 valence electrons. The van der Waals surface area contributed by atoms with Gasteiger partial charge in [-0.3, -0.25) is 14.3 Å². The molecule has 2 N–H and O–H groups in total. The van der Waals surface area contributed by atoms with Crippen LogP contribution in [0.25, 0.3) is 0 Å². The molecule has 0 aliphatic heterocycles. The zero-order valence-electron chi connectivity index (χ0n) is 13.0. The van der Waals surface area contributed by atoms with Gasteiger partial charge in [-0.25, -0.2) is 4.39 Å². The van der Waals surface area contributed by atoms with Gasteiger partial charge in [-0.2, -0.15) is 5.10 Å². The molecule has 0 aliphatic rings. The number of carbonyl (C=O) groups is 2. The molecule has 0 fully saturated rings. The van der Waals surface area contributed by atoms with Gasteiger partial charge in [-0.1, -0.05) is 17.7 Å². The summed E-state index contributed by atoms with van der Waals surface area (Å²) < 4.78 is 15.2. The molecular formula is C16H17ClFN3O3. The zero-order valence-corrected chi connectivity index (χ0v) is 13.8. The predicted octanol–water partition coefficient (Wildman–Crippen LogP) is 2.48. The summed E-state index contributed by atoms with van der Waals surface area (Å²) in [5, 5.41) is 15.6. The monoisotopic (exact) mass is 353 g/mol. The quantitative estimate of drug-likeness (QED) is 0.801. The molecule has 1 aromatic carbocycles. The molecule has 1 atom stereocenters. The van der Waals surface area contributed by atoms with Crippen LogP contribution in [0.3, 0.4) is 0 Å². The summed E-state index contributed by atoms with van der Waals surface area (Å²) in [5.74, 6) is -2.07. The van der Waals surface area contributed by atoms with E-state index >= 15 is 0 Å². The maximum Gasteiger partial charge on any atom is 0.305 e. The van der Waals surface area contributed by atoms with E-state index in [4.69, 9.17) is 16.7 Å². The Kier molecular flexibility index (Phi) is 5.92. The average Bonchev–Trinajstić information content (AvgIpc) is 2.92. The van der Waals surface area contributed by atoms with E-state index in [-0.39, 0.29) is 23.8 Å². The lowest BCUT2D eigenvalue weighted by molar-refractivity contribution is -0.137. The number of benzene rings is 1. The smallest absolute Gasteiger partial charge is 0.305 e. The first kappa shape index (κ1) is 17.9. The minimum atomic E-state index is -1.09. The van der Waals surface area contributed by atoms with E-state index in [9.17, 15) is 14.0 Å². The third-order valence-corrected chi connectivity index (χ3v) is 3.77. The third-order valence-electron chi connectivity index (χ3n) is 3.46. The van der Waals surface area contributed by atoms with E-state index in [0.29, 0.717) is 12.0 Å². The van der Waals surface area contributed by atoms with Crippen LogP contribution < -0.4 is 5.32 Å². The van der Waals surface area contributed by atoms with Gasteiger partial charge in [0.05, 0.1) is 23.7 Å². The van der Waals surface area contributed by atoms with Crippen LogP contribution >= 0.6 is 11.6 Å². The van der Waals surface area contributed by atoms with Crippen LogP contribution in [0, 0.1) is 5.82 Å². The highest BCUT2D eigenvalue weighted by Crippen LogP contribution is 2.22. The normalized spacial score (nSPS) is 12.0. The lowest BCUT2D eigenvalue weighted by atomic mass is 10.0. The molecule has 1 amide bonds. The summed E-state index contributed by atoms with van der Waals surface area (Å²) in [7, 11) is 1.78. The maximum absolute atomic E-state index is 13.6. The number of carboxylic acid groups (broad SMARTS) is 1. The molecule has 0 saturated carbocycles. The molecule has 0 spiro atoms. The third kappa shape index (κ3) is 5.06. The van der Waals surface area contributed by atoms with Crippen LogP contribution in [0.15, 0.2) is 30.6 Å². The van der Waals surface area contributed by atoms with Gasteiger partial charge in [0.25, 0.3) is 0 Å². The topological polar surface area (TPSA) is 84.2 Å². The number of nitrogens with zero attached hydrogens (tertiary/aromatic N) is 2. The van der Waals surface area contributed by atoms with Crippen molar-refractivity contribution < 1.29 is 19.1 Å². The summed E-state index contributed by atoms with van der Waals surface area (Å²) in [6, 6.07) is 3.15. The Balaban J connectivity index is 2.03. The summed E-state index contributed by atoms with van der Waals surface area (Å²) >= 11 is 5.63. The minimum Gasteiger partial charge on any atom is -0.481 e. The number of amides is 1. The van der Waals surface area contributed by atoms with Crippen molar-refractivity contribution in [1.29, 1.82) is 0 Å². The number of carboxylic acids is 1. The number of aryl methyl sites for hydroxylation is 2. The van der Waals surface area contributed by atoms with E-state index in [1.807, 2.05) is 0 Å². The summed E-state index contributed by atoms with van der Waals surface area (Å²) in [6.45, 7) is 0. The predicted molar refractivity (Wildman–Crippen MR) is 86.1 cm³/mol. The van der Waals surface area contributed by atoms with Crippen molar-refractivity contribution in [3.8, 4) is 0 Å². The molecule has 6 nitrogen and oxygen atoms in total. The standard InChI is InChI=1S/C16H17ClFN3O3/c1-21-9-10(8-19-21)2-5-15(22)20-14(7-16(23)24)11-3-4-12(17)13(18)6-11/h3-4,6,8-9,14H,2,5,7H2,1H3,(H,20,22)(H,23,24). The average molecular weight is 354 g/mol. The Bertz CT molecular complexity index is 748. The van der Waals surface area contributed by atoms with E-state index in [2.05, 4.69) is 10.4 Å². The van der Waals surface area contributed by atoms with Crippen molar-refractivity contribution in [2.45, 2.75) is 25.3 Å². The molecule has 1 unspecified atom stereocenters. The second-order valence-electron chi connectivity index (χ2n) is 5.41. The molecule has 0 saturated heterocycles. The first-order chi connectivity index (χ1) is 11.3. The number of hydrogen-bond acceptors (Lipinski definition) is 3. The highest BCUT2D eigenvalue weighted by Gasteiger charge is 2.19. The molecule has 2 rings (SSSR count). The molecular weight excluding hydrogens is 337 g/mol. The Morgan fingerprint density at radius 1 is 1.46 bits per heavy atom. The SMILES string of the molecule is Cn1cc(CCC(=O)NC(CC(=O)O)c2ccc(Cl)c(F)c2)cn1. The summed E-state index contributed by atoms with van der Waals surface area (Å²) in [5.41, 5.74) is 1.26. The van der Waals surface area contributed by atoms with Gasteiger partial charge in [-0.05, 0) is 29.7 Å². The molecule has 1 aromatic heterocycles. The van der Waals surface area contributed by atoms with E-state index in [1.165, 1.54) is 12.1 Å². The Hall–Kier alpha value is -2.41. The lowest BCUT2D eigenvalue weighted by Crippen LogP contribution is -2.30. The number of halogens is 2. The number of aromatic nitrogens is 2. The van der Waals surface area contributed by atoms with Gasteiger partial charge in [0.1, 0.15) is 5.82 Å². The van der Waals surface area contributed by atoms with Gasteiger partial charge in [-0.15, -0.1) is 0 Å². The molecule has 24 heavy (non-hydrogen) atoms. The molecule has 2 aromatic rings. The van der Waals surface area contributed by atoms with Gasteiger partial charge in [0, 0.05) is 19.7 Å². The van der Waals surface area contributed by atoms with Crippen LogP contribution in [0.1, 0.15) is 30.0 Å². The fraction of sp³-hybridized carbons (Fsp3) is 0.312. The fourth-order valence-corrected chi connectivity index (χ4v) is 2.40. The summed E-state index contributed by atoms with van der Waals surface area (Å²) in [6.07, 6.45) is 3.78. The van der Waals surface area contributed by atoms with E-state index < -0.39 is 17.8 Å². The van der Waals surface area contributed by atoms with Crippen molar-refractivity contribution in [3.63, 3.8) is 0 Å². The van der Waals surface area contributed by atoms with Crippen molar-refractivity contribution in [2.24, 2.45) is 7.05 Å². The zero-order chi connectivity index (χ0) is 17.7. The van der Waals surface area contributed by atoms with Crippen LogP contribution in [0.4, 0.5) is 4.39 Å². The fourth-order valence-electron chi connectivity index (χ4n) is 2.28. The lowest BCUT2D eigenvalue weighted by Gasteiger charge is -2.17. The minimum absolute atomic E-state index is 0.0595. The van der Waals surface area contributed by atoms with Gasteiger partial charge in [0.15, 0.2) is 0 Å². The van der Waals surface area contributed by atoms with Crippen LogP contribution in [-0.4, -0.2) is 26.8 Å². The van der Waals surface area contributed by atoms with Crippen molar-refractivity contribution in [3.05, 3.63) is 52.6 Å². The Labute approximate surface area is 143 Å². The van der Waals surface area contributed by atoms with E-state index in [1.54, 1.807) is 24.1 Å². The van der Waals surface area contributed by atoms with Crippen LogP contribution in [-0.2, 0) is 23.1 Å². The van der Waals surface area contributed by atoms with Gasteiger partial charge in [0.2, 0.25) is 5.91 Å². The van der Waals surface area contributed by atoms with Gasteiger partial charge >= 0.3 is 5.97 Å². The highest BCUT2D eigenvalue weighted by molar-refractivity contribution is 6.30.